The van der Waals surface area contributed by atoms with Crippen LogP contribution in [0.1, 0.15) is 61.4 Å². The Balaban J connectivity index is 1.70. The smallest absolute Gasteiger partial charge is 0.0658 e. The number of aromatic nitrogens is 2. The van der Waals surface area contributed by atoms with Gasteiger partial charge in [-0.15, -0.1) is 0 Å². The van der Waals surface area contributed by atoms with Gasteiger partial charge in [0, 0.05) is 23.3 Å². The van der Waals surface area contributed by atoms with Crippen molar-refractivity contribution in [2.45, 2.75) is 50.0 Å². The lowest BCUT2D eigenvalue weighted by Gasteiger charge is -2.12. The van der Waals surface area contributed by atoms with E-state index in [4.69, 9.17) is 5.10 Å². The minimum absolute atomic E-state index is 0.702. The summed E-state index contributed by atoms with van der Waals surface area (Å²) in [4.78, 5) is 0. The average Bonchev–Trinajstić information content (AvgIpc) is 3.22. The zero-order chi connectivity index (χ0) is 10.5. The van der Waals surface area contributed by atoms with Crippen LogP contribution in [-0.4, -0.2) is 21.3 Å². The molecule has 2 nitrogen and oxygen atoms in total. The van der Waals surface area contributed by atoms with E-state index in [1.54, 1.807) is 5.69 Å². The molecule has 1 unspecified atom stereocenters. The van der Waals surface area contributed by atoms with Crippen LogP contribution in [0.3, 0.4) is 0 Å². The molecule has 2 aliphatic carbocycles. The second kappa shape index (κ2) is 3.52. The maximum Gasteiger partial charge on any atom is 0.0658 e. The highest BCUT2D eigenvalue weighted by Crippen LogP contribution is 2.46. The van der Waals surface area contributed by atoms with Crippen LogP contribution in [0.5, 0.6) is 0 Å². The molecule has 0 spiro atoms. The van der Waals surface area contributed by atoms with Crippen LogP contribution >= 0.6 is 11.8 Å². The number of hydrogen-bond donors (Lipinski definition) is 0. The summed E-state index contributed by atoms with van der Waals surface area (Å²) in [6.45, 7) is 0. The van der Waals surface area contributed by atoms with E-state index in [2.05, 4.69) is 22.5 Å². The maximum absolute atomic E-state index is 4.92. The predicted octanol–water partition coefficient (Wildman–Crippen LogP) is 3.32. The van der Waals surface area contributed by atoms with Gasteiger partial charge in [0.15, 0.2) is 0 Å². The average molecular weight is 234 g/mol. The molecule has 16 heavy (non-hydrogen) atoms. The van der Waals surface area contributed by atoms with Crippen LogP contribution in [0.4, 0.5) is 0 Å². The fourth-order valence-electron chi connectivity index (χ4n) is 2.70. The van der Waals surface area contributed by atoms with Crippen LogP contribution in [0.25, 0.3) is 0 Å². The molecular formula is C13H18N2S. The first-order valence-corrected chi connectivity index (χ1v) is 7.74. The van der Waals surface area contributed by atoms with Crippen molar-refractivity contribution in [3.8, 4) is 0 Å². The normalized spacial score (nSPS) is 29.9. The standard InChI is InChI=1S/C13H18N2S/c1-2-9(1)12-7-13(10-3-4-10)15(14-12)11-5-6-16-8-11/h7,9-11H,1-6,8H2. The van der Waals surface area contributed by atoms with Crippen LogP contribution in [0.15, 0.2) is 6.07 Å². The van der Waals surface area contributed by atoms with Gasteiger partial charge in [0.05, 0.1) is 11.7 Å². The van der Waals surface area contributed by atoms with Gasteiger partial charge in [-0.2, -0.15) is 16.9 Å². The highest BCUT2D eigenvalue weighted by molar-refractivity contribution is 7.99. The zero-order valence-electron chi connectivity index (χ0n) is 9.56. The molecule has 0 aromatic carbocycles. The van der Waals surface area contributed by atoms with Gasteiger partial charge in [0.1, 0.15) is 0 Å². The maximum atomic E-state index is 4.92. The molecule has 1 aliphatic heterocycles. The van der Waals surface area contributed by atoms with Crippen molar-refractivity contribution >= 4 is 11.8 Å². The molecule has 3 fully saturated rings. The molecule has 0 radical (unpaired) electrons. The van der Waals surface area contributed by atoms with E-state index in [-0.39, 0.29) is 0 Å². The number of thioether (sulfide) groups is 1. The van der Waals surface area contributed by atoms with E-state index in [0.29, 0.717) is 6.04 Å². The molecule has 1 saturated heterocycles. The summed E-state index contributed by atoms with van der Waals surface area (Å²) in [5, 5.41) is 4.92. The van der Waals surface area contributed by atoms with Crippen molar-refractivity contribution in [3.05, 3.63) is 17.5 Å². The molecule has 4 rings (SSSR count). The minimum atomic E-state index is 0.702. The Morgan fingerprint density at radius 2 is 1.94 bits per heavy atom. The molecule has 0 N–H and O–H groups in total. The summed E-state index contributed by atoms with van der Waals surface area (Å²) < 4.78 is 2.41. The molecule has 1 aromatic rings. The van der Waals surface area contributed by atoms with Gasteiger partial charge in [0.2, 0.25) is 0 Å². The zero-order valence-corrected chi connectivity index (χ0v) is 10.4. The summed E-state index contributed by atoms with van der Waals surface area (Å²) in [6.07, 6.45) is 6.88. The summed E-state index contributed by atoms with van der Waals surface area (Å²) in [5.41, 5.74) is 2.97. The van der Waals surface area contributed by atoms with Crippen molar-refractivity contribution in [1.29, 1.82) is 0 Å². The largest absolute Gasteiger partial charge is 0.265 e. The summed E-state index contributed by atoms with van der Waals surface area (Å²) in [7, 11) is 0. The quantitative estimate of drug-likeness (QED) is 0.798. The molecule has 1 atom stereocenters. The fourth-order valence-corrected chi connectivity index (χ4v) is 3.88. The van der Waals surface area contributed by atoms with Crippen molar-refractivity contribution in [3.63, 3.8) is 0 Å². The first kappa shape index (κ1) is 9.58. The highest BCUT2D eigenvalue weighted by Gasteiger charge is 2.34. The summed E-state index contributed by atoms with van der Waals surface area (Å²) in [5.74, 6) is 4.28. The molecule has 0 amide bonds. The first-order valence-electron chi connectivity index (χ1n) is 6.59. The summed E-state index contributed by atoms with van der Waals surface area (Å²) in [6, 6.07) is 3.13. The second-order valence-electron chi connectivity index (χ2n) is 5.50. The molecule has 1 aromatic heterocycles. The first-order chi connectivity index (χ1) is 7.92. The van der Waals surface area contributed by atoms with E-state index < -0.39 is 0 Å². The number of rotatable bonds is 3. The number of nitrogens with zero attached hydrogens (tertiary/aromatic N) is 2. The predicted molar refractivity (Wildman–Crippen MR) is 67.2 cm³/mol. The van der Waals surface area contributed by atoms with Crippen molar-refractivity contribution < 1.29 is 0 Å². The van der Waals surface area contributed by atoms with Gasteiger partial charge < -0.3 is 0 Å². The second-order valence-corrected chi connectivity index (χ2v) is 6.65. The molecule has 2 saturated carbocycles. The van der Waals surface area contributed by atoms with E-state index in [1.165, 1.54) is 49.3 Å². The Morgan fingerprint density at radius 1 is 1.12 bits per heavy atom. The van der Waals surface area contributed by atoms with E-state index in [1.807, 2.05) is 0 Å². The SMILES string of the molecule is c1c(C2CC2)nn(C2CCSC2)c1C1CC1. The molecule has 2 heterocycles. The Labute approximate surface area is 101 Å². The molecule has 3 aliphatic rings. The lowest BCUT2D eigenvalue weighted by atomic mass is 10.2. The van der Waals surface area contributed by atoms with Gasteiger partial charge in [-0.1, -0.05) is 0 Å². The lowest BCUT2D eigenvalue weighted by molar-refractivity contribution is 0.478. The van der Waals surface area contributed by atoms with Crippen LogP contribution in [0.2, 0.25) is 0 Å². The van der Waals surface area contributed by atoms with Crippen LogP contribution < -0.4 is 0 Å². The Bertz CT molecular complexity index is 398. The molecule has 0 bridgehead atoms. The monoisotopic (exact) mass is 234 g/mol. The Morgan fingerprint density at radius 3 is 2.56 bits per heavy atom. The Hall–Kier alpha value is -0.440. The van der Waals surface area contributed by atoms with E-state index in [9.17, 15) is 0 Å². The highest BCUT2D eigenvalue weighted by atomic mass is 32.2. The van der Waals surface area contributed by atoms with Crippen molar-refractivity contribution in [2.75, 3.05) is 11.5 Å². The summed E-state index contributed by atoms with van der Waals surface area (Å²) >= 11 is 2.09. The Kier molecular flexibility index (Phi) is 2.11. The molecule has 3 heteroatoms. The number of hydrogen-bond acceptors (Lipinski definition) is 2. The third-order valence-corrected chi connectivity index (χ3v) is 5.17. The van der Waals surface area contributed by atoms with Crippen molar-refractivity contribution in [1.82, 2.24) is 9.78 Å². The topological polar surface area (TPSA) is 17.8 Å². The third-order valence-electron chi connectivity index (χ3n) is 4.03. The van der Waals surface area contributed by atoms with Gasteiger partial charge in [-0.05, 0) is 43.9 Å². The van der Waals surface area contributed by atoms with Gasteiger partial charge in [-0.3, -0.25) is 4.68 Å². The van der Waals surface area contributed by atoms with Crippen molar-refractivity contribution in [2.24, 2.45) is 0 Å². The van der Waals surface area contributed by atoms with Gasteiger partial charge in [-0.25, -0.2) is 0 Å². The fraction of sp³-hybridized carbons (Fsp3) is 0.769. The molecule has 86 valence electrons. The lowest BCUT2D eigenvalue weighted by Crippen LogP contribution is -2.12. The minimum Gasteiger partial charge on any atom is -0.265 e. The van der Waals surface area contributed by atoms with Gasteiger partial charge in [0.25, 0.3) is 0 Å². The molecular weight excluding hydrogens is 216 g/mol. The van der Waals surface area contributed by atoms with Crippen LogP contribution in [0, 0.1) is 0 Å². The third kappa shape index (κ3) is 1.60. The van der Waals surface area contributed by atoms with E-state index >= 15 is 0 Å². The van der Waals surface area contributed by atoms with Crippen LogP contribution in [-0.2, 0) is 0 Å². The van der Waals surface area contributed by atoms with E-state index in [0.717, 1.165) is 11.8 Å². The van der Waals surface area contributed by atoms with Gasteiger partial charge >= 0.3 is 0 Å².